The van der Waals surface area contributed by atoms with E-state index in [0.29, 0.717) is 21.7 Å². The fraction of sp³-hybridized carbons (Fsp3) is 0.278. The number of carbonyl (C=O) groups is 2. The van der Waals surface area contributed by atoms with Crippen molar-refractivity contribution in [2.24, 2.45) is 5.73 Å². The Bertz CT molecular complexity index is 864. The molecule has 0 fully saturated rings. The third kappa shape index (κ3) is 3.40. The standard InChI is InChI=1S/C18H18N4O2S/c1-2-22-8-7-13-14(10-22)25-18(15(13)16(20)23)21-17(24)12-5-3-11(9-19)4-6-12/h3-6H,2,7-8,10H2,1H3,(H2,20,23)(H,21,24)/p+1. The first kappa shape index (κ1) is 17.1. The Kier molecular flexibility index (Phi) is 4.83. The predicted molar refractivity (Wildman–Crippen MR) is 95.7 cm³/mol. The van der Waals surface area contributed by atoms with Crippen LogP contribution in [0.5, 0.6) is 0 Å². The summed E-state index contributed by atoms with van der Waals surface area (Å²) in [6, 6.07) is 8.38. The molecule has 1 aromatic carbocycles. The minimum absolute atomic E-state index is 0.315. The molecular formula is C18H19N4O2S+. The van der Waals surface area contributed by atoms with E-state index in [1.807, 2.05) is 6.07 Å². The topological polar surface area (TPSA) is 100 Å². The molecule has 1 unspecified atom stereocenters. The first-order chi connectivity index (χ1) is 12.0. The lowest BCUT2D eigenvalue weighted by molar-refractivity contribution is -0.913. The van der Waals surface area contributed by atoms with Crippen LogP contribution in [0.2, 0.25) is 0 Å². The summed E-state index contributed by atoms with van der Waals surface area (Å²) in [6.45, 7) is 4.97. The average molecular weight is 355 g/mol. The van der Waals surface area contributed by atoms with E-state index >= 15 is 0 Å². The van der Waals surface area contributed by atoms with Crippen molar-refractivity contribution in [2.45, 2.75) is 19.9 Å². The molecule has 0 radical (unpaired) electrons. The molecule has 7 heteroatoms. The number of thiophene rings is 1. The van der Waals surface area contributed by atoms with E-state index in [2.05, 4.69) is 12.2 Å². The highest BCUT2D eigenvalue weighted by molar-refractivity contribution is 7.17. The van der Waals surface area contributed by atoms with Crippen molar-refractivity contribution in [1.82, 2.24) is 0 Å². The maximum atomic E-state index is 12.5. The number of anilines is 1. The molecule has 0 saturated heterocycles. The van der Waals surface area contributed by atoms with Crippen molar-refractivity contribution >= 4 is 28.2 Å². The van der Waals surface area contributed by atoms with Crippen molar-refractivity contribution in [3.8, 4) is 6.07 Å². The van der Waals surface area contributed by atoms with Gasteiger partial charge in [0.1, 0.15) is 11.5 Å². The molecule has 2 amide bonds. The summed E-state index contributed by atoms with van der Waals surface area (Å²) in [5.41, 5.74) is 7.92. The molecule has 2 heterocycles. The normalized spacial score (nSPS) is 15.9. The van der Waals surface area contributed by atoms with Crippen LogP contribution in [0, 0.1) is 11.3 Å². The molecule has 6 nitrogen and oxygen atoms in total. The minimum Gasteiger partial charge on any atom is -0.365 e. The molecule has 1 aliphatic heterocycles. The van der Waals surface area contributed by atoms with Gasteiger partial charge in [-0.15, -0.1) is 11.3 Å². The molecule has 0 saturated carbocycles. The molecule has 128 valence electrons. The van der Waals surface area contributed by atoms with E-state index in [9.17, 15) is 9.59 Å². The second-order valence-electron chi connectivity index (χ2n) is 6.00. The quantitative estimate of drug-likeness (QED) is 0.760. The molecule has 3 rings (SSSR count). The van der Waals surface area contributed by atoms with Crippen LogP contribution in [0.1, 0.15) is 43.6 Å². The number of primary amides is 1. The Hall–Kier alpha value is -2.69. The molecule has 0 spiro atoms. The number of amides is 2. The first-order valence-electron chi connectivity index (χ1n) is 8.13. The van der Waals surface area contributed by atoms with E-state index in [0.717, 1.165) is 36.5 Å². The molecule has 4 N–H and O–H groups in total. The number of benzene rings is 1. The van der Waals surface area contributed by atoms with Gasteiger partial charge >= 0.3 is 0 Å². The van der Waals surface area contributed by atoms with Gasteiger partial charge in [0.15, 0.2) is 0 Å². The maximum absolute atomic E-state index is 12.5. The Balaban J connectivity index is 1.89. The van der Waals surface area contributed by atoms with Crippen molar-refractivity contribution in [3.05, 3.63) is 51.4 Å². The number of quaternary nitrogens is 1. The van der Waals surface area contributed by atoms with Gasteiger partial charge in [-0.05, 0) is 36.8 Å². The van der Waals surface area contributed by atoms with E-state index in [-0.39, 0.29) is 5.91 Å². The van der Waals surface area contributed by atoms with E-state index < -0.39 is 5.91 Å². The lowest BCUT2D eigenvalue weighted by Crippen LogP contribution is -3.11. The van der Waals surface area contributed by atoms with Crippen molar-refractivity contribution in [2.75, 3.05) is 18.4 Å². The number of rotatable bonds is 4. The van der Waals surface area contributed by atoms with Gasteiger partial charge in [0.05, 0.1) is 35.2 Å². The Labute approximate surface area is 149 Å². The molecule has 2 aromatic rings. The fourth-order valence-electron chi connectivity index (χ4n) is 3.06. The Morgan fingerprint density at radius 2 is 2.08 bits per heavy atom. The third-order valence-corrected chi connectivity index (χ3v) is 5.63. The number of nitrogens with zero attached hydrogens (tertiary/aromatic N) is 1. The lowest BCUT2D eigenvalue weighted by atomic mass is 10.0. The van der Waals surface area contributed by atoms with E-state index in [1.165, 1.54) is 16.2 Å². The molecule has 1 aromatic heterocycles. The summed E-state index contributed by atoms with van der Waals surface area (Å²) in [5.74, 6) is -0.821. The molecule has 1 atom stereocenters. The molecule has 0 aliphatic carbocycles. The number of nitrogens with two attached hydrogens (primary N) is 1. The van der Waals surface area contributed by atoms with Crippen LogP contribution in [0.4, 0.5) is 5.00 Å². The number of carbonyl (C=O) groups excluding carboxylic acids is 2. The molecule has 1 aliphatic rings. The number of likely N-dealkylation sites (N-methyl/N-ethyl adjacent to an activating group) is 1. The highest BCUT2D eigenvalue weighted by Crippen LogP contribution is 2.34. The van der Waals surface area contributed by atoms with Gasteiger partial charge in [0.2, 0.25) is 0 Å². The van der Waals surface area contributed by atoms with Gasteiger partial charge in [-0.3, -0.25) is 9.59 Å². The van der Waals surface area contributed by atoms with Crippen LogP contribution >= 0.6 is 11.3 Å². The molecule has 25 heavy (non-hydrogen) atoms. The number of fused-ring (bicyclic) bond motifs is 1. The summed E-state index contributed by atoms with van der Waals surface area (Å²) in [7, 11) is 0. The van der Waals surface area contributed by atoms with Crippen LogP contribution in [-0.2, 0) is 13.0 Å². The monoisotopic (exact) mass is 355 g/mol. The summed E-state index contributed by atoms with van der Waals surface area (Å²) >= 11 is 1.43. The largest absolute Gasteiger partial charge is 0.365 e. The number of nitriles is 1. The molecular weight excluding hydrogens is 336 g/mol. The number of hydrogen-bond donors (Lipinski definition) is 3. The van der Waals surface area contributed by atoms with Crippen molar-refractivity contribution in [3.63, 3.8) is 0 Å². The molecule has 0 bridgehead atoms. The second kappa shape index (κ2) is 7.05. The average Bonchev–Trinajstić information content (AvgIpc) is 2.98. The zero-order valence-electron chi connectivity index (χ0n) is 13.9. The summed E-state index contributed by atoms with van der Waals surface area (Å²) in [4.78, 5) is 27.0. The minimum atomic E-state index is -0.507. The first-order valence-corrected chi connectivity index (χ1v) is 8.94. The SMILES string of the molecule is CC[NH+]1CCc2c(sc(NC(=O)c3ccc(C#N)cc3)c2C(N)=O)C1. The third-order valence-electron chi connectivity index (χ3n) is 4.48. The number of nitrogens with one attached hydrogen (secondary N) is 2. The van der Waals surface area contributed by atoms with Crippen LogP contribution in [0.3, 0.4) is 0 Å². The Morgan fingerprint density at radius 1 is 1.36 bits per heavy atom. The fourth-order valence-corrected chi connectivity index (χ4v) is 4.38. The van der Waals surface area contributed by atoms with E-state index in [4.69, 9.17) is 11.0 Å². The van der Waals surface area contributed by atoms with Crippen LogP contribution in [-0.4, -0.2) is 24.9 Å². The number of hydrogen-bond acceptors (Lipinski definition) is 4. The zero-order chi connectivity index (χ0) is 18.0. The smallest absolute Gasteiger partial charge is 0.256 e. The van der Waals surface area contributed by atoms with Gasteiger partial charge in [-0.2, -0.15) is 5.26 Å². The van der Waals surface area contributed by atoms with Crippen LogP contribution in [0.25, 0.3) is 0 Å². The summed E-state index contributed by atoms with van der Waals surface area (Å²) in [5, 5.41) is 12.2. The van der Waals surface area contributed by atoms with Gasteiger partial charge in [0.25, 0.3) is 11.8 Å². The van der Waals surface area contributed by atoms with Crippen LogP contribution < -0.4 is 16.0 Å². The van der Waals surface area contributed by atoms with Crippen LogP contribution in [0.15, 0.2) is 24.3 Å². The summed E-state index contributed by atoms with van der Waals surface area (Å²) in [6.07, 6.45) is 0.792. The second-order valence-corrected chi connectivity index (χ2v) is 7.10. The predicted octanol–water partition coefficient (Wildman–Crippen LogP) is 0.932. The maximum Gasteiger partial charge on any atom is 0.256 e. The summed E-state index contributed by atoms with van der Waals surface area (Å²) < 4.78 is 0. The zero-order valence-corrected chi connectivity index (χ0v) is 14.7. The Morgan fingerprint density at radius 3 is 2.68 bits per heavy atom. The van der Waals surface area contributed by atoms with Gasteiger partial charge in [0, 0.05) is 12.0 Å². The van der Waals surface area contributed by atoms with Gasteiger partial charge < -0.3 is 16.0 Å². The van der Waals surface area contributed by atoms with Gasteiger partial charge in [-0.25, -0.2) is 0 Å². The highest BCUT2D eigenvalue weighted by Gasteiger charge is 2.29. The van der Waals surface area contributed by atoms with E-state index in [1.54, 1.807) is 24.3 Å². The van der Waals surface area contributed by atoms with Gasteiger partial charge in [-0.1, -0.05) is 0 Å². The van der Waals surface area contributed by atoms with Crippen molar-refractivity contribution < 1.29 is 14.5 Å². The van der Waals surface area contributed by atoms with Crippen molar-refractivity contribution in [1.29, 1.82) is 5.26 Å². The lowest BCUT2D eigenvalue weighted by Gasteiger charge is -2.22. The highest BCUT2D eigenvalue weighted by atomic mass is 32.1.